The Morgan fingerprint density at radius 3 is 1.71 bits per heavy atom. The molecule has 4 fully saturated rings. The van der Waals surface area contributed by atoms with Crippen molar-refractivity contribution in [1.29, 1.82) is 0 Å². The highest BCUT2D eigenvalue weighted by atomic mass is 32.2. The molecule has 4 rings (SSSR count). The van der Waals surface area contributed by atoms with E-state index in [-0.39, 0.29) is 0 Å². The van der Waals surface area contributed by atoms with Crippen molar-refractivity contribution in [3.05, 3.63) is 0 Å². The van der Waals surface area contributed by atoms with Gasteiger partial charge in [0.25, 0.3) is 0 Å². The summed E-state index contributed by atoms with van der Waals surface area (Å²) in [6, 6.07) is 0. The number of hydrogen-bond donors (Lipinski definition) is 0. The highest BCUT2D eigenvalue weighted by Crippen LogP contribution is 2.53. The molecule has 3 heteroatoms. The van der Waals surface area contributed by atoms with E-state index < -0.39 is 0 Å². The Morgan fingerprint density at radius 2 is 1.24 bits per heavy atom. The standard InChI is InChI=1S/C14H22OS2/c1-3-11-13(16-11)5-9(1)7-15-8-10-2-4-12-14(6-10)17-12/h9-14H,1-8H2. The summed E-state index contributed by atoms with van der Waals surface area (Å²) < 4.78 is 6.03. The van der Waals surface area contributed by atoms with E-state index in [1.807, 2.05) is 0 Å². The van der Waals surface area contributed by atoms with Gasteiger partial charge in [0.2, 0.25) is 0 Å². The molecule has 0 radical (unpaired) electrons. The maximum atomic E-state index is 6.03. The summed E-state index contributed by atoms with van der Waals surface area (Å²) in [4.78, 5) is 0. The SMILES string of the molecule is C1CC2SC2CC1COCC1CCC2SC2C1. The third-order valence-corrected chi connectivity index (χ3v) is 7.87. The fourth-order valence-electron chi connectivity index (χ4n) is 3.68. The summed E-state index contributed by atoms with van der Waals surface area (Å²) in [5.74, 6) is 1.77. The van der Waals surface area contributed by atoms with Gasteiger partial charge in [0.15, 0.2) is 0 Å². The van der Waals surface area contributed by atoms with E-state index in [9.17, 15) is 0 Å². The van der Waals surface area contributed by atoms with Crippen LogP contribution < -0.4 is 0 Å². The summed E-state index contributed by atoms with van der Waals surface area (Å²) >= 11 is 4.42. The van der Waals surface area contributed by atoms with Crippen molar-refractivity contribution in [1.82, 2.24) is 0 Å². The molecule has 2 saturated heterocycles. The van der Waals surface area contributed by atoms with Crippen molar-refractivity contribution in [3.63, 3.8) is 0 Å². The molecule has 2 aliphatic carbocycles. The lowest BCUT2D eigenvalue weighted by molar-refractivity contribution is 0.0558. The lowest BCUT2D eigenvalue weighted by Gasteiger charge is -2.23. The normalized spacial score (nSPS) is 51.5. The van der Waals surface area contributed by atoms with E-state index in [1.165, 1.54) is 38.5 Å². The number of fused-ring (bicyclic) bond motifs is 2. The molecule has 0 N–H and O–H groups in total. The minimum atomic E-state index is 0.887. The summed E-state index contributed by atoms with van der Waals surface area (Å²) in [6.45, 7) is 2.11. The largest absolute Gasteiger partial charge is 0.381 e. The Labute approximate surface area is 113 Å². The van der Waals surface area contributed by atoms with Crippen LogP contribution in [0.2, 0.25) is 0 Å². The molecule has 17 heavy (non-hydrogen) atoms. The molecule has 0 amide bonds. The summed E-state index contributed by atoms with van der Waals surface area (Å²) in [6.07, 6.45) is 8.68. The molecule has 0 bridgehead atoms. The van der Waals surface area contributed by atoms with Crippen LogP contribution in [0.4, 0.5) is 0 Å². The molecule has 6 unspecified atom stereocenters. The van der Waals surface area contributed by atoms with E-state index in [4.69, 9.17) is 4.74 Å². The van der Waals surface area contributed by atoms with Crippen LogP contribution in [0.15, 0.2) is 0 Å². The number of thioether (sulfide) groups is 2. The minimum absolute atomic E-state index is 0.887. The van der Waals surface area contributed by atoms with Gasteiger partial charge in [-0.2, -0.15) is 23.5 Å². The van der Waals surface area contributed by atoms with Crippen LogP contribution in [0.25, 0.3) is 0 Å². The quantitative estimate of drug-likeness (QED) is 0.723. The van der Waals surface area contributed by atoms with Crippen molar-refractivity contribution >= 4 is 23.5 Å². The summed E-state index contributed by atoms with van der Waals surface area (Å²) in [5.41, 5.74) is 0. The first-order valence-electron chi connectivity index (χ1n) is 7.27. The van der Waals surface area contributed by atoms with E-state index in [1.54, 1.807) is 0 Å². The van der Waals surface area contributed by atoms with Crippen molar-refractivity contribution in [3.8, 4) is 0 Å². The fourth-order valence-corrected chi connectivity index (χ4v) is 6.20. The molecular weight excluding hydrogens is 248 g/mol. The van der Waals surface area contributed by atoms with Gasteiger partial charge in [0, 0.05) is 34.2 Å². The van der Waals surface area contributed by atoms with Crippen molar-refractivity contribution < 1.29 is 4.74 Å². The van der Waals surface area contributed by atoms with E-state index in [0.717, 1.165) is 46.0 Å². The first-order valence-corrected chi connectivity index (χ1v) is 9.15. The average molecular weight is 270 g/mol. The Morgan fingerprint density at radius 1 is 0.706 bits per heavy atom. The first kappa shape index (κ1) is 11.5. The van der Waals surface area contributed by atoms with Gasteiger partial charge >= 0.3 is 0 Å². The van der Waals surface area contributed by atoms with E-state index in [2.05, 4.69) is 23.5 Å². The molecule has 2 saturated carbocycles. The zero-order chi connectivity index (χ0) is 11.2. The molecule has 2 aliphatic heterocycles. The van der Waals surface area contributed by atoms with Crippen molar-refractivity contribution in [2.24, 2.45) is 11.8 Å². The fraction of sp³-hybridized carbons (Fsp3) is 1.00. The number of ether oxygens (including phenoxy) is 1. The monoisotopic (exact) mass is 270 g/mol. The van der Waals surface area contributed by atoms with Crippen LogP contribution in [-0.4, -0.2) is 34.2 Å². The molecule has 2 heterocycles. The molecule has 4 aliphatic rings. The third kappa shape index (κ3) is 2.66. The predicted octanol–water partition coefficient (Wildman–Crippen LogP) is 3.57. The molecule has 0 aromatic carbocycles. The Kier molecular flexibility index (Phi) is 3.14. The van der Waals surface area contributed by atoms with E-state index >= 15 is 0 Å². The van der Waals surface area contributed by atoms with Crippen LogP contribution in [0, 0.1) is 11.8 Å². The van der Waals surface area contributed by atoms with Crippen LogP contribution in [0.5, 0.6) is 0 Å². The molecule has 0 aromatic rings. The van der Waals surface area contributed by atoms with Gasteiger partial charge in [-0.15, -0.1) is 0 Å². The van der Waals surface area contributed by atoms with Gasteiger partial charge in [0.05, 0.1) is 0 Å². The zero-order valence-corrected chi connectivity index (χ0v) is 12.0. The van der Waals surface area contributed by atoms with Crippen molar-refractivity contribution in [2.45, 2.75) is 59.5 Å². The predicted molar refractivity (Wildman–Crippen MR) is 75.8 cm³/mol. The van der Waals surface area contributed by atoms with Crippen LogP contribution in [0.3, 0.4) is 0 Å². The van der Waals surface area contributed by atoms with Gasteiger partial charge in [0.1, 0.15) is 0 Å². The number of hydrogen-bond acceptors (Lipinski definition) is 3. The van der Waals surface area contributed by atoms with Gasteiger partial charge in [-0.1, -0.05) is 0 Å². The summed E-state index contributed by atoms with van der Waals surface area (Å²) in [5, 5.41) is 4.15. The Hall–Kier alpha value is 0.660. The molecule has 1 nitrogen and oxygen atoms in total. The lowest BCUT2D eigenvalue weighted by Crippen LogP contribution is -2.22. The summed E-state index contributed by atoms with van der Waals surface area (Å²) in [7, 11) is 0. The molecule has 0 aromatic heterocycles. The van der Waals surface area contributed by atoms with Gasteiger partial charge < -0.3 is 4.74 Å². The zero-order valence-electron chi connectivity index (χ0n) is 10.3. The maximum absolute atomic E-state index is 6.03. The highest BCUT2D eigenvalue weighted by Gasteiger charge is 2.44. The smallest absolute Gasteiger partial charge is 0.0494 e. The second-order valence-corrected chi connectivity index (χ2v) is 9.29. The van der Waals surface area contributed by atoms with E-state index in [0.29, 0.717) is 0 Å². The first-order chi connectivity index (χ1) is 8.38. The Balaban J connectivity index is 1.15. The van der Waals surface area contributed by atoms with Gasteiger partial charge in [-0.3, -0.25) is 0 Å². The minimum Gasteiger partial charge on any atom is -0.381 e. The molecule has 0 spiro atoms. The second kappa shape index (κ2) is 4.64. The Bertz CT molecular complexity index is 268. The van der Waals surface area contributed by atoms with Crippen LogP contribution in [0.1, 0.15) is 38.5 Å². The lowest BCUT2D eigenvalue weighted by atomic mass is 9.89. The molecule has 96 valence electrons. The average Bonchev–Trinajstić information content (AvgIpc) is 3.22. The van der Waals surface area contributed by atoms with Gasteiger partial charge in [-0.25, -0.2) is 0 Å². The van der Waals surface area contributed by atoms with Crippen molar-refractivity contribution in [2.75, 3.05) is 13.2 Å². The molecule has 6 atom stereocenters. The number of rotatable bonds is 4. The second-order valence-electron chi connectivity index (χ2n) is 6.32. The third-order valence-electron chi connectivity index (χ3n) is 4.93. The van der Waals surface area contributed by atoms with Crippen LogP contribution in [-0.2, 0) is 4.74 Å². The topological polar surface area (TPSA) is 9.23 Å². The maximum Gasteiger partial charge on any atom is 0.0494 e. The van der Waals surface area contributed by atoms with Gasteiger partial charge in [-0.05, 0) is 50.4 Å². The van der Waals surface area contributed by atoms with Crippen LogP contribution >= 0.6 is 23.5 Å². The molecular formula is C14H22OS2. The highest BCUT2D eigenvalue weighted by molar-refractivity contribution is 8.07.